The lowest BCUT2D eigenvalue weighted by molar-refractivity contribution is -0.118. The van der Waals surface area contributed by atoms with Crippen LogP contribution in [0, 0.1) is 0 Å². The zero-order valence-electron chi connectivity index (χ0n) is 9.34. The second-order valence-corrected chi connectivity index (χ2v) is 3.68. The number of ether oxygens (including phenoxy) is 3. The maximum Gasteiger partial charge on any atom is 0.0897 e. The van der Waals surface area contributed by atoms with Crippen molar-refractivity contribution in [2.24, 2.45) is 0 Å². The highest BCUT2D eigenvalue weighted by Gasteiger charge is 2.39. The molecule has 1 atom stereocenters. The van der Waals surface area contributed by atoms with Crippen LogP contribution in [0.3, 0.4) is 0 Å². The van der Waals surface area contributed by atoms with Crippen LogP contribution in [-0.2, 0) is 14.2 Å². The first kappa shape index (κ1) is 11.9. The molecule has 0 aromatic carbocycles. The van der Waals surface area contributed by atoms with Crippen molar-refractivity contribution < 1.29 is 14.2 Å². The van der Waals surface area contributed by atoms with Crippen molar-refractivity contribution in [3.05, 3.63) is 0 Å². The molecule has 0 radical (unpaired) electrons. The summed E-state index contributed by atoms with van der Waals surface area (Å²) in [5.41, 5.74) is -0.122. The van der Waals surface area contributed by atoms with Crippen molar-refractivity contribution in [2.75, 3.05) is 41.1 Å². The first-order chi connectivity index (χ1) is 6.79. The Morgan fingerprint density at radius 2 is 2.00 bits per heavy atom. The van der Waals surface area contributed by atoms with E-state index in [2.05, 4.69) is 5.32 Å². The highest BCUT2D eigenvalue weighted by Crippen LogP contribution is 2.28. The molecule has 1 saturated heterocycles. The van der Waals surface area contributed by atoms with Crippen LogP contribution in [0.25, 0.3) is 0 Å². The monoisotopic (exact) mass is 203 g/mol. The van der Waals surface area contributed by atoms with Crippen LogP contribution in [-0.4, -0.2) is 52.7 Å². The Labute approximate surface area is 85.9 Å². The number of methoxy groups -OCH3 is 2. The summed E-state index contributed by atoms with van der Waals surface area (Å²) in [6.45, 7) is 2.22. The van der Waals surface area contributed by atoms with E-state index in [9.17, 15) is 0 Å². The molecule has 14 heavy (non-hydrogen) atoms. The van der Waals surface area contributed by atoms with Crippen LogP contribution in [0.4, 0.5) is 0 Å². The van der Waals surface area contributed by atoms with E-state index in [-0.39, 0.29) is 11.6 Å². The van der Waals surface area contributed by atoms with Crippen molar-refractivity contribution in [1.29, 1.82) is 0 Å². The molecule has 1 rings (SSSR count). The molecule has 4 nitrogen and oxygen atoms in total. The van der Waals surface area contributed by atoms with Crippen molar-refractivity contribution in [2.45, 2.75) is 24.5 Å². The van der Waals surface area contributed by atoms with E-state index in [1.807, 2.05) is 7.05 Å². The lowest BCUT2D eigenvalue weighted by Crippen LogP contribution is -2.56. The van der Waals surface area contributed by atoms with Crippen molar-refractivity contribution in [1.82, 2.24) is 5.32 Å². The van der Waals surface area contributed by atoms with Gasteiger partial charge in [0.05, 0.1) is 18.2 Å². The molecule has 0 aromatic heterocycles. The third kappa shape index (κ3) is 2.45. The van der Waals surface area contributed by atoms with E-state index in [0.717, 1.165) is 26.1 Å². The summed E-state index contributed by atoms with van der Waals surface area (Å²) < 4.78 is 16.2. The lowest BCUT2D eigenvalue weighted by Gasteiger charge is -2.41. The first-order valence-electron chi connectivity index (χ1n) is 5.08. The van der Waals surface area contributed by atoms with Crippen molar-refractivity contribution in [3.8, 4) is 0 Å². The molecule has 4 heteroatoms. The van der Waals surface area contributed by atoms with Crippen molar-refractivity contribution >= 4 is 0 Å². The fraction of sp³-hybridized carbons (Fsp3) is 1.00. The van der Waals surface area contributed by atoms with Gasteiger partial charge in [-0.25, -0.2) is 0 Å². The maximum atomic E-state index is 5.66. The van der Waals surface area contributed by atoms with Crippen LogP contribution < -0.4 is 5.32 Å². The van der Waals surface area contributed by atoms with Gasteiger partial charge in [0, 0.05) is 40.3 Å². The second-order valence-electron chi connectivity index (χ2n) is 3.68. The first-order valence-corrected chi connectivity index (χ1v) is 5.08. The molecule has 0 amide bonds. The molecule has 1 N–H and O–H groups in total. The fourth-order valence-corrected chi connectivity index (χ4v) is 2.08. The van der Waals surface area contributed by atoms with Gasteiger partial charge in [-0.3, -0.25) is 0 Å². The SMILES string of the molecule is CNC(COC)C1(OC)CCOCC1. The number of likely N-dealkylation sites (N-methyl/N-ethyl adjacent to an activating group) is 1. The molecule has 0 saturated carbocycles. The molecule has 84 valence electrons. The second kappa shape index (κ2) is 5.66. The Kier molecular flexibility index (Phi) is 4.81. The zero-order chi connectivity index (χ0) is 10.4. The van der Waals surface area contributed by atoms with Gasteiger partial charge in [0.1, 0.15) is 0 Å². The van der Waals surface area contributed by atoms with Gasteiger partial charge in [-0.2, -0.15) is 0 Å². The van der Waals surface area contributed by atoms with Crippen LogP contribution in [0.1, 0.15) is 12.8 Å². The Bertz CT molecular complexity index is 157. The smallest absolute Gasteiger partial charge is 0.0897 e. The molecule has 1 unspecified atom stereocenters. The Morgan fingerprint density at radius 1 is 1.36 bits per heavy atom. The topological polar surface area (TPSA) is 39.7 Å². The molecule has 0 aliphatic carbocycles. The quantitative estimate of drug-likeness (QED) is 0.703. The minimum atomic E-state index is -0.122. The van der Waals surface area contributed by atoms with Crippen LogP contribution in [0.2, 0.25) is 0 Å². The van der Waals surface area contributed by atoms with Crippen molar-refractivity contribution in [3.63, 3.8) is 0 Å². The summed E-state index contributed by atoms with van der Waals surface area (Å²) in [6, 6.07) is 0.237. The molecular formula is C10H21NO3. The molecule has 0 spiro atoms. The predicted molar refractivity (Wildman–Crippen MR) is 54.5 cm³/mol. The molecule has 1 aliphatic heterocycles. The summed E-state index contributed by atoms with van der Waals surface area (Å²) in [6.07, 6.45) is 1.86. The van der Waals surface area contributed by atoms with Gasteiger partial charge < -0.3 is 19.5 Å². The van der Waals surface area contributed by atoms with Crippen LogP contribution in [0.5, 0.6) is 0 Å². The third-order valence-corrected chi connectivity index (χ3v) is 3.06. The number of hydrogen-bond acceptors (Lipinski definition) is 4. The van der Waals surface area contributed by atoms with Gasteiger partial charge >= 0.3 is 0 Å². The van der Waals surface area contributed by atoms with Crippen LogP contribution in [0.15, 0.2) is 0 Å². The van der Waals surface area contributed by atoms with Gasteiger partial charge in [-0.1, -0.05) is 0 Å². The highest BCUT2D eigenvalue weighted by molar-refractivity contribution is 4.94. The standard InChI is InChI=1S/C10H21NO3/c1-11-9(8-12-2)10(13-3)4-6-14-7-5-10/h9,11H,4-8H2,1-3H3. The van der Waals surface area contributed by atoms with E-state index in [4.69, 9.17) is 14.2 Å². The van der Waals surface area contributed by atoms with Gasteiger partial charge in [0.2, 0.25) is 0 Å². The summed E-state index contributed by atoms with van der Waals surface area (Å²) >= 11 is 0. The lowest BCUT2D eigenvalue weighted by atomic mass is 9.86. The fourth-order valence-electron chi connectivity index (χ4n) is 2.08. The summed E-state index contributed by atoms with van der Waals surface area (Å²) in [7, 11) is 5.43. The van der Waals surface area contributed by atoms with E-state index in [0.29, 0.717) is 6.61 Å². The average Bonchev–Trinajstić information content (AvgIpc) is 2.27. The van der Waals surface area contributed by atoms with Gasteiger partial charge in [0.25, 0.3) is 0 Å². The third-order valence-electron chi connectivity index (χ3n) is 3.06. The average molecular weight is 203 g/mol. The minimum Gasteiger partial charge on any atom is -0.383 e. The Balaban J connectivity index is 2.63. The minimum absolute atomic E-state index is 0.122. The number of rotatable bonds is 5. The summed E-state index contributed by atoms with van der Waals surface area (Å²) in [5, 5.41) is 3.26. The largest absolute Gasteiger partial charge is 0.383 e. The number of nitrogens with one attached hydrogen (secondary N) is 1. The summed E-state index contributed by atoms with van der Waals surface area (Å²) in [4.78, 5) is 0. The molecule has 0 aromatic rings. The van der Waals surface area contributed by atoms with E-state index in [1.165, 1.54) is 0 Å². The van der Waals surface area contributed by atoms with Crippen LogP contribution >= 0.6 is 0 Å². The predicted octanol–water partition coefficient (Wildman–Crippen LogP) is 0.416. The van der Waals surface area contributed by atoms with E-state index >= 15 is 0 Å². The Hall–Kier alpha value is -0.160. The zero-order valence-corrected chi connectivity index (χ0v) is 9.34. The maximum absolute atomic E-state index is 5.66. The van der Waals surface area contributed by atoms with E-state index in [1.54, 1.807) is 14.2 Å². The van der Waals surface area contributed by atoms with Gasteiger partial charge in [-0.15, -0.1) is 0 Å². The molecule has 1 heterocycles. The summed E-state index contributed by atoms with van der Waals surface area (Å²) in [5.74, 6) is 0. The highest BCUT2D eigenvalue weighted by atomic mass is 16.5. The molecular weight excluding hydrogens is 182 g/mol. The molecule has 1 aliphatic rings. The number of hydrogen-bond donors (Lipinski definition) is 1. The van der Waals surface area contributed by atoms with E-state index < -0.39 is 0 Å². The molecule has 0 bridgehead atoms. The van der Waals surface area contributed by atoms with Gasteiger partial charge in [-0.05, 0) is 7.05 Å². The normalized spacial score (nSPS) is 23.4. The molecule has 1 fully saturated rings. The Morgan fingerprint density at radius 3 is 2.43 bits per heavy atom. The van der Waals surface area contributed by atoms with Gasteiger partial charge in [0.15, 0.2) is 0 Å².